The third-order valence-corrected chi connectivity index (χ3v) is 4.16. The number of para-hydroxylation sites is 1. The number of aliphatic hydroxyl groups is 1. The Labute approximate surface area is 117 Å². The summed E-state index contributed by atoms with van der Waals surface area (Å²) >= 11 is 0. The van der Waals surface area contributed by atoms with Crippen LogP contribution in [0.25, 0.3) is 0 Å². The summed E-state index contributed by atoms with van der Waals surface area (Å²) < 4.78 is 0. The van der Waals surface area contributed by atoms with Crippen molar-refractivity contribution in [1.82, 2.24) is 0 Å². The van der Waals surface area contributed by atoms with Gasteiger partial charge in [0.2, 0.25) is 0 Å². The molecule has 0 bridgehead atoms. The molecular weight excluding hydrogens is 234 g/mol. The molecule has 3 unspecified atom stereocenters. The maximum absolute atomic E-state index is 9.85. The summed E-state index contributed by atoms with van der Waals surface area (Å²) in [5, 5.41) is 13.5. The molecule has 3 atom stereocenters. The summed E-state index contributed by atoms with van der Waals surface area (Å²) in [5.74, 6) is 0.764. The minimum atomic E-state index is -0.419. The quantitative estimate of drug-likeness (QED) is 0.847. The maximum Gasteiger partial charge on any atom is 0.0781 e. The molecule has 1 fully saturated rings. The van der Waals surface area contributed by atoms with Gasteiger partial charge in [-0.3, -0.25) is 0 Å². The summed E-state index contributed by atoms with van der Waals surface area (Å²) in [6.45, 7) is 8.89. The highest BCUT2D eigenvalue weighted by molar-refractivity contribution is 5.52. The number of aliphatic hydroxyl groups excluding tert-OH is 1. The largest absolute Gasteiger partial charge is 0.389 e. The molecular formula is C17H27NO. The first-order valence-corrected chi connectivity index (χ1v) is 7.41. The lowest BCUT2D eigenvalue weighted by atomic mass is 9.70. The molecule has 0 spiro atoms. The number of rotatable bonds is 3. The van der Waals surface area contributed by atoms with E-state index in [1.54, 1.807) is 0 Å². The van der Waals surface area contributed by atoms with Gasteiger partial charge in [0.15, 0.2) is 0 Å². The van der Waals surface area contributed by atoms with Crippen molar-refractivity contribution in [3.8, 4) is 0 Å². The van der Waals surface area contributed by atoms with Crippen LogP contribution in [-0.4, -0.2) is 11.1 Å². The van der Waals surface area contributed by atoms with E-state index in [2.05, 4.69) is 32.2 Å². The van der Waals surface area contributed by atoms with Gasteiger partial charge < -0.3 is 10.4 Å². The first-order valence-electron chi connectivity index (χ1n) is 7.41. The molecule has 0 aromatic heterocycles. The fourth-order valence-corrected chi connectivity index (χ4v) is 3.67. The van der Waals surface area contributed by atoms with E-state index in [-0.39, 0.29) is 0 Å². The Balaban J connectivity index is 2.13. The summed E-state index contributed by atoms with van der Waals surface area (Å²) in [6, 6.07) is 8.61. The van der Waals surface area contributed by atoms with Gasteiger partial charge in [-0.15, -0.1) is 0 Å². The van der Waals surface area contributed by atoms with E-state index in [0.29, 0.717) is 11.5 Å². The van der Waals surface area contributed by atoms with Crippen molar-refractivity contribution in [1.29, 1.82) is 0 Å². The molecule has 1 aliphatic rings. The lowest BCUT2D eigenvalue weighted by Gasteiger charge is -2.40. The molecule has 0 aliphatic heterocycles. The highest BCUT2D eigenvalue weighted by atomic mass is 16.3. The molecule has 0 radical (unpaired) electrons. The minimum Gasteiger partial charge on any atom is -0.389 e. The van der Waals surface area contributed by atoms with Crippen molar-refractivity contribution in [2.75, 3.05) is 5.32 Å². The van der Waals surface area contributed by atoms with Crippen LogP contribution < -0.4 is 5.32 Å². The number of anilines is 1. The third kappa shape index (κ3) is 3.73. The molecule has 2 heteroatoms. The lowest BCUT2D eigenvalue weighted by molar-refractivity contribution is 0.177. The van der Waals surface area contributed by atoms with Gasteiger partial charge in [0.05, 0.1) is 6.10 Å². The van der Waals surface area contributed by atoms with Gasteiger partial charge in [0.25, 0.3) is 0 Å². The van der Waals surface area contributed by atoms with Crippen LogP contribution in [0.3, 0.4) is 0 Å². The molecule has 1 aliphatic carbocycles. The zero-order valence-corrected chi connectivity index (χ0v) is 12.6. The van der Waals surface area contributed by atoms with Crippen LogP contribution in [0.4, 0.5) is 5.69 Å². The molecule has 1 aromatic carbocycles. The van der Waals surface area contributed by atoms with Gasteiger partial charge in [0.1, 0.15) is 0 Å². The van der Waals surface area contributed by atoms with E-state index in [1.165, 1.54) is 19.3 Å². The number of hydrogen-bond donors (Lipinski definition) is 2. The Kier molecular flexibility index (Phi) is 4.19. The molecule has 106 valence electrons. The third-order valence-electron chi connectivity index (χ3n) is 4.16. The average molecular weight is 261 g/mol. The van der Waals surface area contributed by atoms with Crippen molar-refractivity contribution in [3.05, 3.63) is 29.8 Å². The van der Waals surface area contributed by atoms with Crippen LogP contribution in [0.2, 0.25) is 0 Å². The topological polar surface area (TPSA) is 32.3 Å². The SMILES string of the molecule is CC1CC(Nc2ccccc2C(C)O)CC(C)(C)C1. The molecule has 2 nitrogen and oxygen atoms in total. The van der Waals surface area contributed by atoms with Gasteiger partial charge in [-0.1, -0.05) is 39.0 Å². The Bertz CT molecular complexity index is 425. The number of benzene rings is 1. The molecule has 1 aromatic rings. The molecule has 0 amide bonds. The van der Waals surface area contributed by atoms with Crippen molar-refractivity contribution < 1.29 is 5.11 Å². The number of nitrogens with one attached hydrogen (secondary N) is 1. The minimum absolute atomic E-state index is 0.412. The molecule has 2 N–H and O–H groups in total. The van der Waals surface area contributed by atoms with Gasteiger partial charge >= 0.3 is 0 Å². The van der Waals surface area contributed by atoms with Crippen molar-refractivity contribution in [2.45, 2.75) is 59.1 Å². The predicted octanol–water partition coefficient (Wildman–Crippen LogP) is 4.37. The smallest absolute Gasteiger partial charge is 0.0781 e. The molecule has 1 saturated carbocycles. The summed E-state index contributed by atoms with van der Waals surface area (Å²) in [6.07, 6.45) is 3.31. The molecule has 2 rings (SSSR count). The molecule has 0 saturated heterocycles. The second kappa shape index (κ2) is 5.54. The van der Waals surface area contributed by atoms with Gasteiger partial charge in [-0.05, 0) is 43.6 Å². The fourth-order valence-electron chi connectivity index (χ4n) is 3.67. The predicted molar refractivity (Wildman–Crippen MR) is 81.3 cm³/mol. The van der Waals surface area contributed by atoms with Crippen LogP contribution in [0.15, 0.2) is 24.3 Å². The summed E-state index contributed by atoms with van der Waals surface area (Å²) in [5.41, 5.74) is 2.50. The van der Waals surface area contributed by atoms with Crippen molar-refractivity contribution in [2.24, 2.45) is 11.3 Å². The monoisotopic (exact) mass is 261 g/mol. The van der Waals surface area contributed by atoms with E-state index < -0.39 is 6.10 Å². The van der Waals surface area contributed by atoms with Crippen LogP contribution >= 0.6 is 0 Å². The zero-order valence-electron chi connectivity index (χ0n) is 12.6. The van der Waals surface area contributed by atoms with E-state index in [9.17, 15) is 5.11 Å². The highest BCUT2D eigenvalue weighted by Gasteiger charge is 2.32. The zero-order chi connectivity index (χ0) is 14.0. The van der Waals surface area contributed by atoms with Crippen LogP contribution in [-0.2, 0) is 0 Å². The highest BCUT2D eigenvalue weighted by Crippen LogP contribution is 2.40. The van der Waals surface area contributed by atoms with Crippen LogP contribution in [0.5, 0.6) is 0 Å². The average Bonchev–Trinajstić information content (AvgIpc) is 2.26. The van der Waals surface area contributed by atoms with Gasteiger partial charge in [0, 0.05) is 17.3 Å². The summed E-state index contributed by atoms with van der Waals surface area (Å²) in [7, 11) is 0. The fraction of sp³-hybridized carbons (Fsp3) is 0.647. The molecule has 19 heavy (non-hydrogen) atoms. The number of hydrogen-bond acceptors (Lipinski definition) is 2. The summed E-state index contributed by atoms with van der Waals surface area (Å²) in [4.78, 5) is 0. The Morgan fingerprint density at radius 2 is 1.95 bits per heavy atom. The van der Waals surface area contributed by atoms with E-state index in [1.807, 2.05) is 25.1 Å². The Morgan fingerprint density at radius 1 is 1.26 bits per heavy atom. The van der Waals surface area contributed by atoms with Crippen molar-refractivity contribution >= 4 is 5.69 Å². The van der Waals surface area contributed by atoms with E-state index >= 15 is 0 Å². The van der Waals surface area contributed by atoms with Crippen LogP contribution in [0, 0.1) is 11.3 Å². The normalized spacial score (nSPS) is 27.8. The maximum atomic E-state index is 9.85. The molecule has 0 heterocycles. The lowest BCUT2D eigenvalue weighted by Crippen LogP contribution is -2.35. The second-order valence-corrected chi connectivity index (χ2v) is 7.02. The van der Waals surface area contributed by atoms with Gasteiger partial charge in [-0.25, -0.2) is 0 Å². The first kappa shape index (κ1) is 14.4. The Morgan fingerprint density at radius 3 is 2.58 bits per heavy atom. The van der Waals surface area contributed by atoms with Crippen LogP contribution in [0.1, 0.15) is 58.6 Å². The standard InChI is InChI=1S/C17H27NO/c1-12-9-14(11-17(3,4)10-12)18-16-8-6-5-7-15(16)13(2)19/h5-8,12-14,18-19H,9-11H2,1-4H3. The Hall–Kier alpha value is -1.02. The van der Waals surface area contributed by atoms with Crippen molar-refractivity contribution in [3.63, 3.8) is 0 Å². The van der Waals surface area contributed by atoms with E-state index in [4.69, 9.17) is 0 Å². The van der Waals surface area contributed by atoms with Gasteiger partial charge in [-0.2, -0.15) is 0 Å². The van der Waals surface area contributed by atoms with E-state index in [0.717, 1.165) is 17.2 Å². The first-order chi connectivity index (χ1) is 8.87. The second-order valence-electron chi connectivity index (χ2n) is 7.02.